The average Bonchev–Trinajstić information content (AvgIpc) is 2.65. The number of amides is 1. The van der Waals surface area contributed by atoms with Crippen LogP contribution in [-0.4, -0.2) is 80.2 Å². The number of fused-ring (bicyclic) bond motifs is 1. The number of aliphatic hydroxyl groups is 5. The van der Waals surface area contributed by atoms with Gasteiger partial charge in [0.1, 0.15) is 35.9 Å². The minimum Gasteiger partial charge on any atom is -0.453 e. The number of rotatable bonds is 4. The normalized spacial score (nSPS) is 34.4. The van der Waals surface area contributed by atoms with Gasteiger partial charge in [-0.25, -0.2) is 0 Å². The number of aliphatic hydroxyl groups excluding tert-OH is 5. The van der Waals surface area contributed by atoms with Gasteiger partial charge in [0.15, 0.2) is 6.29 Å². The van der Waals surface area contributed by atoms with E-state index < -0.39 is 49.5 Å². The summed E-state index contributed by atoms with van der Waals surface area (Å²) in [6.45, 7) is -0.965. The number of carbonyl (C=O) groups excluding carboxylic acids is 1. The van der Waals surface area contributed by atoms with Crippen LogP contribution in [0.15, 0.2) is 18.2 Å². The molecule has 0 aliphatic carbocycles. The van der Waals surface area contributed by atoms with Gasteiger partial charge >= 0.3 is 5.91 Å². The molecule has 1 amide bonds. The zero-order valence-electron chi connectivity index (χ0n) is 13.4. The van der Waals surface area contributed by atoms with Crippen molar-refractivity contribution in [3.05, 3.63) is 23.8 Å². The fraction of sp³-hybridized carbons (Fsp3) is 0.533. The Morgan fingerprint density at radius 3 is 2.50 bits per heavy atom. The SMILES string of the molecule is O=C1[C@@H](OC2OC(CO)C(O)C(O)C2O)Oc2cc(CO)ccc2N1O. The van der Waals surface area contributed by atoms with Crippen LogP contribution in [0.3, 0.4) is 0 Å². The maximum Gasteiger partial charge on any atom is 0.320 e. The van der Waals surface area contributed by atoms with Gasteiger partial charge in [-0.15, -0.1) is 0 Å². The number of nitrogens with zero attached hydrogens (tertiary/aromatic N) is 1. The van der Waals surface area contributed by atoms with Gasteiger partial charge in [0.2, 0.25) is 0 Å². The lowest BCUT2D eigenvalue weighted by molar-refractivity contribution is -0.323. The molecule has 1 saturated heterocycles. The van der Waals surface area contributed by atoms with E-state index >= 15 is 0 Å². The van der Waals surface area contributed by atoms with E-state index in [4.69, 9.17) is 19.3 Å². The summed E-state index contributed by atoms with van der Waals surface area (Å²) in [5.74, 6) is -0.987. The highest BCUT2D eigenvalue weighted by Gasteiger charge is 2.47. The van der Waals surface area contributed by atoms with Crippen LogP contribution in [0, 0.1) is 0 Å². The smallest absolute Gasteiger partial charge is 0.320 e. The van der Waals surface area contributed by atoms with Crippen LogP contribution in [0.2, 0.25) is 0 Å². The highest BCUT2D eigenvalue weighted by atomic mass is 16.8. The van der Waals surface area contributed by atoms with E-state index in [1.165, 1.54) is 18.2 Å². The molecule has 0 spiro atoms. The molecule has 6 atom stereocenters. The lowest BCUT2D eigenvalue weighted by Crippen LogP contribution is -2.61. The van der Waals surface area contributed by atoms with Crippen LogP contribution in [0.4, 0.5) is 5.69 Å². The van der Waals surface area contributed by atoms with Crippen molar-refractivity contribution in [3.63, 3.8) is 0 Å². The van der Waals surface area contributed by atoms with Gasteiger partial charge in [0.25, 0.3) is 6.29 Å². The van der Waals surface area contributed by atoms with Gasteiger partial charge in [-0.05, 0) is 17.7 Å². The molecule has 1 aromatic carbocycles. The highest BCUT2D eigenvalue weighted by molar-refractivity contribution is 5.97. The van der Waals surface area contributed by atoms with Crippen molar-refractivity contribution in [2.75, 3.05) is 11.7 Å². The van der Waals surface area contributed by atoms with Gasteiger partial charge < -0.3 is 39.7 Å². The zero-order valence-corrected chi connectivity index (χ0v) is 13.4. The zero-order chi connectivity index (χ0) is 19.0. The standard InChI is InChI=1S/C15H19NO10/c17-4-6-1-2-7-8(3-6)24-15(13(22)16(7)23)26-14-12(21)11(20)10(19)9(5-18)25-14/h1-3,9-12,14-15,17-21,23H,4-5H2/t9?,10?,11?,12?,14?,15-/m1/s1. The number of carbonyl (C=O) groups is 1. The maximum atomic E-state index is 12.2. The van der Waals surface area contributed by atoms with E-state index in [9.17, 15) is 30.4 Å². The number of anilines is 1. The molecular weight excluding hydrogens is 354 g/mol. The second-order valence-corrected chi connectivity index (χ2v) is 5.89. The number of hydroxylamine groups is 1. The van der Waals surface area contributed by atoms with Crippen molar-refractivity contribution in [3.8, 4) is 5.75 Å². The summed E-state index contributed by atoms with van der Waals surface area (Å²) in [7, 11) is 0. The first-order chi connectivity index (χ1) is 12.4. The molecule has 144 valence electrons. The molecule has 5 unspecified atom stereocenters. The molecule has 0 aromatic heterocycles. The second-order valence-electron chi connectivity index (χ2n) is 5.89. The quantitative estimate of drug-likeness (QED) is 0.309. The molecule has 11 nitrogen and oxygen atoms in total. The van der Waals surface area contributed by atoms with E-state index in [1.54, 1.807) is 0 Å². The Hall–Kier alpha value is -1.83. The number of benzene rings is 1. The Kier molecular flexibility index (Phi) is 5.41. The van der Waals surface area contributed by atoms with Gasteiger partial charge in [0.05, 0.1) is 13.2 Å². The first-order valence-corrected chi connectivity index (χ1v) is 7.76. The third-order valence-corrected chi connectivity index (χ3v) is 4.19. The van der Waals surface area contributed by atoms with Crippen LogP contribution >= 0.6 is 0 Å². The molecule has 2 aliphatic rings. The van der Waals surface area contributed by atoms with Crippen LogP contribution in [0.1, 0.15) is 5.56 Å². The Morgan fingerprint density at radius 1 is 1.12 bits per heavy atom. The van der Waals surface area contributed by atoms with Crippen molar-refractivity contribution < 1.29 is 49.7 Å². The molecule has 2 aliphatic heterocycles. The van der Waals surface area contributed by atoms with Gasteiger partial charge in [-0.3, -0.25) is 10.0 Å². The fourth-order valence-electron chi connectivity index (χ4n) is 2.70. The number of hydrogen-bond donors (Lipinski definition) is 6. The Bertz CT molecular complexity index is 668. The lowest BCUT2D eigenvalue weighted by atomic mass is 9.99. The average molecular weight is 373 g/mol. The third kappa shape index (κ3) is 3.26. The highest BCUT2D eigenvalue weighted by Crippen LogP contribution is 2.35. The van der Waals surface area contributed by atoms with E-state index in [2.05, 4.69) is 0 Å². The van der Waals surface area contributed by atoms with Crippen LogP contribution < -0.4 is 9.80 Å². The summed E-state index contributed by atoms with van der Waals surface area (Å²) >= 11 is 0. The molecule has 26 heavy (non-hydrogen) atoms. The fourth-order valence-corrected chi connectivity index (χ4v) is 2.70. The van der Waals surface area contributed by atoms with Crippen LogP contribution in [-0.2, 0) is 20.9 Å². The predicted octanol–water partition coefficient (Wildman–Crippen LogP) is -2.56. The topological polar surface area (TPSA) is 169 Å². The molecular formula is C15H19NO10. The number of ether oxygens (including phenoxy) is 3. The molecule has 0 bridgehead atoms. The van der Waals surface area contributed by atoms with E-state index in [1.807, 2.05) is 0 Å². The summed E-state index contributed by atoms with van der Waals surface area (Å²) in [6, 6.07) is 4.23. The second kappa shape index (κ2) is 7.42. The summed E-state index contributed by atoms with van der Waals surface area (Å²) in [6.07, 6.45) is -9.58. The van der Waals surface area contributed by atoms with Gasteiger partial charge in [-0.1, -0.05) is 6.07 Å². The summed E-state index contributed by atoms with van der Waals surface area (Å²) < 4.78 is 15.7. The van der Waals surface area contributed by atoms with Crippen LogP contribution in [0.5, 0.6) is 5.75 Å². The molecule has 3 rings (SSSR count). The van der Waals surface area contributed by atoms with Crippen molar-refractivity contribution in [2.24, 2.45) is 0 Å². The first kappa shape index (κ1) is 18.9. The minimum atomic E-state index is -1.73. The van der Waals surface area contributed by atoms with Crippen molar-refractivity contribution in [2.45, 2.75) is 43.6 Å². The lowest BCUT2D eigenvalue weighted by Gasteiger charge is -2.41. The molecule has 1 aromatic rings. The molecule has 6 N–H and O–H groups in total. The Labute approximate surface area is 147 Å². The molecule has 11 heteroatoms. The van der Waals surface area contributed by atoms with E-state index in [0.717, 1.165) is 0 Å². The summed E-state index contributed by atoms with van der Waals surface area (Å²) in [4.78, 5) is 12.2. The Morgan fingerprint density at radius 2 is 1.85 bits per heavy atom. The number of hydrogen-bond acceptors (Lipinski definition) is 10. The minimum absolute atomic E-state index is 0.0286. The Balaban J connectivity index is 1.80. The molecule has 0 radical (unpaired) electrons. The maximum absolute atomic E-state index is 12.2. The summed E-state index contributed by atoms with van der Waals surface area (Å²) in [5, 5.41) is 58.1. The molecule has 1 fully saturated rings. The van der Waals surface area contributed by atoms with Crippen LogP contribution in [0.25, 0.3) is 0 Å². The largest absolute Gasteiger partial charge is 0.453 e. The van der Waals surface area contributed by atoms with Crippen molar-refractivity contribution in [1.29, 1.82) is 0 Å². The monoisotopic (exact) mass is 373 g/mol. The predicted molar refractivity (Wildman–Crippen MR) is 80.9 cm³/mol. The summed E-state index contributed by atoms with van der Waals surface area (Å²) in [5.41, 5.74) is 0.485. The first-order valence-electron chi connectivity index (χ1n) is 7.76. The van der Waals surface area contributed by atoms with E-state index in [-0.39, 0.29) is 23.1 Å². The van der Waals surface area contributed by atoms with Gasteiger partial charge in [-0.2, -0.15) is 5.06 Å². The molecule has 0 saturated carbocycles. The third-order valence-electron chi connectivity index (χ3n) is 4.19. The van der Waals surface area contributed by atoms with Crippen molar-refractivity contribution >= 4 is 11.6 Å². The van der Waals surface area contributed by atoms with Crippen molar-refractivity contribution in [1.82, 2.24) is 0 Å². The van der Waals surface area contributed by atoms with E-state index in [0.29, 0.717) is 5.56 Å². The van der Waals surface area contributed by atoms with Gasteiger partial charge in [0, 0.05) is 0 Å². The molecule has 2 heterocycles.